The first-order chi connectivity index (χ1) is 8.01. The summed E-state index contributed by atoms with van der Waals surface area (Å²) in [6.45, 7) is 0. The van der Waals surface area contributed by atoms with E-state index >= 15 is 0 Å². The third-order valence-corrected chi connectivity index (χ3v) is 2.31. The monoisotopic (exact) mass is 243 g/mol. The van der Waals surface area contributed by atoms with E-state index in [0.717, 1.165) is 0 Å². The van der Waals surface area contributed by atoms with Crippen LogP contribution in [0, 0.1) is 5.82 Å². The molecular formula is C11H14FNO4. The van der Waals surface area contributed by atoms with Gasteiger partial charge in [-0.1, -0.05) is 0 Å². The Morgan fingerprint density at radius 3 is 2.59 bits per heavy atom. The number of hydrogen-bond donors (Lipinski definition) is 2. The lowest BCUT2D eigenvalue weighted by atomic mass is 10.0. The summed E-state index contributed by atoms with van der Waals surface area (Å²) in [4.78, 5) is 10.6. The van der Waals surface area contributed by atoms with E-state index in [9.17, 15) is 9.18 Å². The molecule has 0 spiro atoms. The summed E-state index contributed by atoms with van der Waals surface area (Å²) in [5, 5.41) is 8.64. The fraction of sp³-hybridized carbons (Fsp3) is 0.364. The standard InChI is InChI=1S/C11H14FNO4/c1-16-8-4-3-6(7(13)5-9(14)15)11(17-2)10(8)12/h3-4,7H,5,13H2,1-2H3,(H,14,15). The van der Waals surface area contributed by atoms with Gasteiger partial charge >= 0.3 is 5.97 Å². The second kappa shape index (κ2) is 5.49. The number of nitrogens with two attached hydrogens (primary N) is 1. The average Bonchev–Trinajstić information content (AvgIpc) is 2.27. The van der Waals surface area contributed by atoms with Crippen molar-refractivity contribution in [2.24, 2.45) is 5.73 Å². The molecule has 0 aliphatic heterocycles. The molecule has 0 fully saturated rings. The minimum absolute atomic E-state index is 0.0214. The third-order valence-electron chi connectivity index (χ3n) is 2.31. The van der Waals surface area contributed by atoms with E-state index in [0.29, 0.717) is 5.56 Å². The number of rotatable bonds is 5. The van der Waals surface area contributed by atoms with Crippen molar-refractivity contribution in [3.8, 4) is 11.5 Å². The lowest BCUT2D eigenvalue weighted by Gasteiger charge is -2.16. The summed E-state index contributed by atoms with van der Waals surface area (Å²) in [5.41, 5.74) is 5.96. The molecule has 1 aromatic rings. The molecule has 5 nitrogen and oxygen atoms in total. The maximum Gasteiger partial charge on any atom is 0.305 e. The summed E-state index contributed by atoms with van der Waals surface area (Å²) < 4.78 is 23.5. The minimum Gasteiger partial charge on any atom is -0.494 e. The lowest BCUT2D eigenvalue weighted by Crippen LogP contribution is -2.16. The molecule has 1 unspecified atom stereocenters. The molecule has 94 valence electrons. The molecule has 3 N–H and O–H groups in total. The number of carbonyl (C=O) groups is 1. The molecule has 0 aliphatic rings. The van der Waals surface area contributed by atoms with Crippen molar-refractivity contribution < 1.29 is 23.8 Å². The highest BCUT2D eigenvalue weighted by Crippen LogP contribution is 2.33. The maximum atomic E-state index is 13.8. The van der Waals surface area contributed by atoms with Gasteiger partial charge in [0.05, 0.1) is 20.6 Å². The molecule has 0 saturated heterocycles. The Morgan fingerprint density at radius 2 is 2.12 bits per heavy atom. The number of aliphatic carboxylic acids is 1. The van der Waals surface area contributed by atoms with Crippen LogP contribution in [0.25, 0.3) is 0 Å². The van der Waals surface area contributed by atoms with Crippen LogP contribution in [-0.2, 0) is 4.79 Å². The van der Waals surface area contributed by atoms with Crippen molar-refractivity contribution in [1.29, 1.82) is 0 Å². The average molecular weight is 243 g/mol. The van der Waals surface area contributed by atoms with Gasteiger partial charge in [-0.05, 0) is 12.1 Å². The van der Waals surface area contributed by atoms with E-state index in [4.69, 9.17) is 20.3 Å². The zero-order valence-corrected chi connectivity index (χ0v) is 9.57. The smallest absolute Gasteiger partial charge is 0.305 e. The SMILES string of the molecule is COc1ccc(C(N)CC(=O)O)c(OC)c1F. The van der Waals surface area contributed by atoms with Crippen molar-refractivity contribution in [2.45, 2.75) is 12.5 Å². The molecule has 1 aromatic carbocycles. The van der Waals surface area contributed by atoms with Gasteiger partial charge in [-0.25, -0.2) is 0 Å². The number of methoxy groups -OCH3 is 2. The molecule has 1 atom stereocenters. The van der Waals surface area contributed by atoms with Crippen molar-refractivity contribution in [3.05, 3.63) is 23.5 Å². The van der Waals surface area contributed by atoms with Gasteiger partial charge in [0.1, 0.15) is 0 Å². The van der Waals surface area contributed by atoms with Crippen LogP contribution in [0.1, 0.15) is 18.0 Å². The van der Waals surface area contributed by atoms with E-state index in [1.807, 2.05) is 0 Å². The number of carboxylic acids is 1. The summed E-state index contributed by atoms with van der Waals surface area (Å²) in [6, 6.07) is 2.05. The van der Waals surface area contributed by atoms with Crippen molar-refractivity contribution in [2.75, 3.05) is 14.2 Å². The van der Waals surface area contributed by atoms with E-state index in [2.05, 4.69) is 0 Å². The normalized spacial score (nSPS) is 12.0. The molecule has 0 aliphatic carbocycles. The predicted octanol–water partition coefficient (Wildman–Crippen LogP) is 1.32. The van der Waals surface area contributed by atoms with Crippen LogP contribution < -0.4 is 15.2 Å². The molecular weight excluding hydrogens is 229 g/mol. The topological polar surface area (TPSA) is 81.8 Å². The summed E-state index contributed by atoms with van der Waals surface area (Å²) in [5.74, 6) is -1.81. The molecule has 0 aromatic heterocycles. The molecule has 0 bridgehead atoms. The van der Waals surface area contributed by atoms with Gasteiger partial charge in [-0.3, -0.25) is 4.79 Å². The predicted molar refractivity (Wildman–Crippen MR) is 58.7 cm³/mol. The second-order valence-electron chi connectivity index (χ2n) is 3.41. The number of carboxylic acid groups (broad SMARTS) is 1. The van der Waals surface area contributed by atoms with Crippen LogP contribution in [0.3, 0.4) is 0 Å². The Bertz CT molecular complexity index is 422. The van der Waals surface area contributed by atoms with Crippen LogP contribution in [0.5, 0.6) is 11.5 Å². The Hall–Kier alpha value is -1.82. The first kappa shape index (κ1) is 13.2. The van der Waals surface area contributed by atoms with Crippen molar-refractivity contribution in [1.82, 2.24) is 0 Å². The van der Waals surface area contributed by atoms with E-state index < -0.39 is 17.8 Å². The quantitative estimate of drug-likeness (QED) is 0.815. The molecule has 0 saturated carbocycles. The fourth-order valence-electron chi connectivity index (χ4n) is 1.51. The molecule has 6 heteroatoms. The first-order valence-corrected chi connectivity index (χ1v) is 4.89. The van der Waals surface area contributed by atoms with E-state index in [1.54, 1.807) is 0 Å². The van der Waals surface area contributed by atoms with Crippen LogP contribution in [0.2, 0.25) is 0 Å². The second-order valence-corrected chi connectivity index (χ2v) is 3.41. The van der Waals surface area contributed by atoms with Gasteiger partial charge in [-0.15, -0.1) is 0 Å². The lowest BCUT2D eigenvalue weighted by molar-refractivity contribution is -0.137. The minimum atomic E-state index is -1.06. The summed E-state index contributed by atoms with van der Waals surface area (Å²) >= 11 is 0. The highest BCUT2D eigenvalue weighted by molar-refractivity contribution is 5.68. The highest BCUT2D eigenvalue weighted by atomic mass is 19.1. The van der Waals surface area contributed by atoms with Gasteiger partial charge < -0.3 is 20.3 Å². The first-order valence-electron chi connectivity index (χ1n) is 4.89. The van der Waals surface area contributed by atoms with Crippen LogP contribution in [-0.4, -0.2) is 25.3 Å². The molecule has 0 heterocycles. The highest BCUT2D eigenvalue weighted by Gasteiger charge is 2.20. The van der Waals surface area contributed by atoms with Crippen LogP contribution in [0.15, 0.2) is 12.1 Å². The number of hydrogen-bond acceptors (Lipinski definition) is 4. The molecule has 1 rings (SSSR count). The molecule has 0 amide bonds. The largest absolute Gasteiger partial charge is 0.494 e. The molecule has 0 radical (unpaired) electrons. The Kier molecular flexibility index (Phi) is 4.28. The number of halogens is 1. The van der Waals surface area contributed by atoms with Crippen molar-refractivity contribution in [3.63, 3.8) is 0 Å². The summed E-state index contributed by atoms with van der Waals surface area (Å²) in [7, 11) is 2.61. The van der Waals surface area contributed by atoms with Gasteiger partial charge in [0.25, 0.3) is 0 Å². The zero-order valence-electron chi connectivity index (χ0n) is 9.57. The summed E-state index contributed by atoms with van der Waals surface area (Å²) in [6.07, 6.45) is -0.303. The van der Waals surface area contributed by atoms with Gasteiger partial charge in [-0.2, -0.15) is 4.39 Å². The maximum absolute atomic E-state index is 13.8. The molecule has 17 heavy (non-hydrogen) atoms. The third kappa shape index (κ3) is 2.85. The Labute approximate surface area is 97.9 Å². The van der Waals surface area contributed by atoms with Gasteiger partial charge in [0.2, 0.25) is 5.82 Å². The van der Waals surface area contributed by atoms with Crippen LogP contribution in [0.4, 0.5) is 4.39 Å². The number of benzene rings is 1. The Balaban J connectivity index is 3.16. The van der Waals surface area contributed by atoms with Crippen LogP contribution >= 0.6 is 0 Å². The fourth-order valence-corrected chi connectivity index (χ4v) is 1.51. The van der Waals surface area contributed by atoms with Gasteiger partial charge in [0, 0.05) is 11.6 Å². The zero-order chi connectivity index (χ0) is 13.0. The van der Waals surface area contributed by atoms with Gasteiger partial charge in [0.15, 0.2) is 11.5 Å². The Morgan fingerprint density at radius 1 is 1.47 bits per heavy atom. The van der Waals surface area contributed by atoms with E-state index in [1.165, 1.54) is 26.4 Å². The van der Waals surface area contributed by atoms with E-state index in [-0.39, 0.29) is 17.9 Å². The number of ether oxygens (including phenoxy) is 2. The van der Waals surface area contributed by atoms with Crippen molar-refractivity contribution >= 4 is 5.97 Å².